The standard InChI is InChI=1S/C20H15FN6O/c1-13(10-22)28-17-7-5-15(6-8-17)25-19-18(21)12-24-20(27-19)26-16-4-2-3-14(9-16)11-23/h2-9,12-13H,1H3,(H2,24,25,26,27). The summed E-state index contributed by atoms with van der Waals surface area (Å²) >= 11 is 0. The molecule has 0 saturated heterocycles. The van der Waals surface area contributed by atoms with Gasteiger partial charge in [-0.3, -0.25) is 0 Å². The second-order valence-electron chi connectivity index (χ2n) is 5.75. The number of ether oxygens (including phenoxy) is 1. The molecule has 0 amide bonds. The summed E-state index contributed by atoms with van der Waals surface area (Å²) in [5, 5.41) is 23.5. The molecule has 0 aliphatic rings. The number of nitriles is 2. The van der Waals surface area contributed by atoms with Gasteiger partial charge in [0.1, 0.15) is 11.8 Å². The molecular weight excluding hydrogens is 359 g/mol. The summed E-state index contributed by atoms with van der Waals surface area (Å²) in [6.07, 6.45) is 0.490. The molecule has 0 spiro atoms. The van der Waals surface area contributed by atoms with Crippen LogP contribution in [0, 0.1) is 28.5 Å². The molecule has 0 aliphatic carbocycles. The van der Waals surface area contributed by atoms with E-state index in [1.807, 2.05) is 12.1 Å². The third kappa shape index (κ3) is 4.71. The fraction of sp³-hybridized carbons (Fsp3) is 0.100. The summed E-state index contributed by atoms with van der Waals surface area (Å²) in [6, 6.07) is 17.5. The Balaban J connectivity index is 1.74. The maximum atomic E-state index is 14.1. The highest BCUT2D eigenvalue weighted by Gasteiger charge is 2.09. The lowest BCUT2D eigenvalue weighted by Gasteiger charge is -2.11. The Bertz CT molecular complexity index is 1060. The molecule has 3 aromatic rings. The van der Waals surface area contributed by atoms with Crippen molar-refractivity contribution in [3.8, 4) is 17.9 Å². The van der Waals surface area contributed by atoms with E-state index in [0.717, 1.165) is 6.20 Å². The van der Waals surface area contributed by atoms with Crippen LogP contribution in [-0.2, 0) is 0 Å². The number of hydrogen-bond acceptors (Lipinski definition) is 7. The molecule has 0 aliphatic heterocycles. The monoisotopic (exact) mass is 374 g/mol. The third-order valence-electron chi connectivity index (χ3n) is 3.60. The summed E-state index contributed by atoms with van der Waals surface area (Å²) in [7, 11) is 0. The summed E-state index contributed by atoms with van der Waals surface area (Å²) in [5.41, 5.74) is 1.69. The van der Waals surface area contributed by atoms with Gasteiger partial charge >= 0.3 is 0 Å². The molecule has 28 heavy (non-hydrogen) atoms. The molecule has 2 N–H and O–H groups in total. The fourth-order valence-corrected chi connectivity index (χ4v) is 2.29. The van der Waals surface area contributed by atoms with Crippen molar-refractivity contribution in [2.75, 3.05) is 10.6 Å². The Morgan fingerprint density at radius 2 is 1.86 bits per heavy atom. The molecule has 0 saturated carbocycles. The summed E-state index contributed by atoms with van der Waals surface area (Å²) in [4.78, 5) is 8.05. The van der Waals surface area contributed by atoms with Crippen LogP contribution in [0.1, 0.15) is 12.5 Å². The van der Waals surface area contributed by atoms with Crippen molar-refractivity contribution in [2.45, 2.75) is 13.0 Å². The quantitative estimate of drug-likeness (QED) is 0.663. The Hall–Kier alpha value is -4.17. The van der Waals surface area contributed by atoms with Gasteiger partial charge < -0.3 is 15.4 Å². The third-order valence-corrected chi connectivity index (χ3v) is 3.60. The zero-order valence-electron chi connectivity index (χ0n) is 14.8. The number of aromatic nitrogens is 2. The van der Waals surface area contributed by atoms with E-state index in [9.17, 15) is 4.39 Å². The van der Waals surface area contributed by atoms with Gasteiger partial charge in [0.05, 0.1) is 17.8 Å². The lowest BCUT2D eigenvalue weighted by molar-refractivity contribution is 0.276. The zero-order chi connectivity index (χ0) is 19.9. The average molecular weight is 374 g/mol. The van der Waals surface area contributed by atoms with Gasteiger partial charge in [-0.1, -0.05) is 6.07 Å². The first-order valence-corrected chi connectivity index (χ1v) is 8.30. The second kappa shape index (κ2) is 8.47. The normalized spacial score (nSPS) is 11.0. The van der Waals surface area contributed by atoms with Crippen LogP contribution in [0.25, 0.3) is 0 Å². The number of benzene rings is 2. The predicted molar refractivity (Wildman–Crippen MR) is 102 cm³/mol. The molecule has 8 heteroatoms. The van der Waals surface area contributed by atoms with Gasteiger partial charge in [-0.25, -0.2) is 9.37 Å². The van der Waals surface area contributed by atoms with Crippen molar-refractivity contribution < 1.29 is 9.13 Å². The largest absolute Gasteiger partial charge is 0.476 e. The first kappa shape index (κ1) is 18.6. The number of nitrogens with zero attached hydrogens (tertiary/aromatic N) is 4. The molecule has 138 valence electrons. The first-order valence-electron chi connectivity index (χ1n) is 8.30. The number of hydrogen-bond donors (Lipinski definition) is 2. The van der Waals surface area contributed by atoms with Crippen molar-refractivity contribution in [2.24, 2.45) is 0 Å². The van der Waals surface area contributed by atoms with Crippen molar-refractivity contribution in [3.05, 3.63) is 66.1 Å². The number of halogens is 1. The highest BCUT2D eigenvalue weighted by Crippen LogP contribution is 2.23. The van der Waals surface area contributed by atoms with E-state index in [0.29, 0.717) is 22.7 Å². The van der Waals surface area contributed by atoms with E-state index in [-0.39, 0.29) is 11.8 Å². The van der Waals surface area contributed by atoms with Crippen LogP contribution in [-0.4, -0.2) is 16.1 Å². The van der Waals surface area contributed by atoms with Crippen molar-refractivity contribution in [1.29, 1.82) is 10.5 Å². The van der Waals surface area contributed by atoms with Gasteiger partial charge in [0, 0.05) is 11.4 Å². The molecule has 0 bridgehead atoms. The first-order chi connectivity index (χ1) is 13.6. The lowest BCUT2D eigenvalue weighted by Crippen LogP contribution is -2.08. The van der Waals surface area contributed by atoms with E-state index < -0.39 is 11.9 Å². The second-order valence-corrected chi connectivity index (χ2v) is 5.75. The van der Waals surface area contributed by atoms with Gasteiger partial charge in [-0.2, -0.15) is 15.5 Å². The molecule has 0 fully saturated rings. The molecule has 0 radical (unpaired) electrons. The van der Waals surface area contributed by atoms with Crippen LogP contribution in [0.5, 0.6) is 5.75 Å². The smallest absolute Gasteiger partial charge is 0.229 e. The number of nitrogens with one attached hydrogen (secondary N) is 2. The summed E-state index contributed by atoms with van der Waals surface area (Å²) in [5.74, 6) is 0.0898. The molecule has 1 heterocycles. The maximum Gasteiger partial charge on any atom is 0.229 e. The van der Waals surface area contributed by atoms with Crippen molar-refractivity contribution >= 4 is 23.1 Å². The fourth-order valence-electron chi connectivity index (χ4n) is 2.29. The minimum Gasteiger partial charge on any atom is -0.476 e. The van der Waals surface area contributed by atoms with Gasteiger partial charge in [-0.15, -0.1) is 0 Å². The minimum absolute atomic E-state index is 0.00648. The molecule has 1 atom stereocenters. The Kier molecular flexibility index (Phi) is 5.63. The highest BCUT2D eigenvalue weighted by molar-refractivity contribution is 5.61. The summed E-state index contributed by atoms with van der Waals surface area (Å²) < 4.78 is 19.5. The van der Waals surface area contributed by atoms with E-state index in [1.165, 1.54) is 0 Å². The molecule has 1 aromatic heterocycles. The topological polar surface area (TPSA) is 107 Å². The van der Waals surface area contributed by atoms with Crippen molar-refractivity contribution in [3.63, 3.8) is 0 Å². The van der Waals surface area contributed by atoms with Gasteiger partial charge in [0.15, 0.2) is 17.7 Å². The summed E-state index contributed by atoms with van der Waals surface area (Å²) in [6.45, 7) is 1.64. The number of anilines is 4. The van der Waals surface area contributed by atoms with Crippen LogP contribution >= 0.6 is 0 Å². The van der Waals surface area contributed by atoms with Crippen LogP contribution in [0.15, 0.2) is 54.7 Å². The Morgan fingerprint density at radius 1 is 1.07 bits per heavy atom. The predicted octanol–water partition coefficient (Wildman–Crippen LogP) is 4.27. The van der Waals surface area contributed by atoms with E-state index in [1.54, 1.807) is 55.5 Å². The van der Waals surface area contributed by atoms with Crippen LogP contribution in [0.4, 0.5) is 27.5 Å². The highest BCUT2D eigenvalue weighted by atomic mass is 19.1. The SMILES string of the molecule is CC(C#N)Oc1ccc(Nc2nc(Nc3cccc(C#N)c3)ncc2F)cc1. The molecule has 7 nitrogen and oxygen atoms in total. The van der Waals surface area contributed by atoms with Gasteiger partial charge in [-0.05, 0) is 49.4 Å². The lowest BCUT2D eigenvalue weighted by atomic mass is 10.2. The van der Waals surface area contributed by atoms with Crippen LogP contribution in [0.2, 0.25) is 0 Å². The Labute approximate surface area is 161 Å². The van der Waals surface area contributed by atoms with Crippen molar-refractivity contribution in [1.82, 2.24) is 9.97 Å². The van der Waals surface area contributed by atoms with E-state index in [2.05, 4.69) is 20.6 Å². The molecular formula is C20H15FN6O. The zero-order valence-corrected chi connectivity index (χ0v) is 14.8. The average Bonchev–Trinajstić information content (AvgIpc) is 2.72. The molecule has 3 rings (SSSR count). The van der Waals surface area contributed by atoms with E-state index >= 15 is 0 Å². The Morgan fingerprint density at radius 3 is 2.57 bits per heavy atom. The van der Waals surface area contributed by atoms with E-state index in [4.69, 9.17) is 15.3 Å². The van der Waals surface area contributed by atoms with Gasteiger partial charge in [0.25, 0.3) is 0 Å². The number of rotatable bonds is 6. The molecule has 2 aromatic carbocycles. The van der Waals surface area contributed by atoms with Gasteiger partial charge in [0.2, 0.25) is 5.95 Å². The molecule has 1 unspecified atom stereocenters. The van der Waals surface area contributed by atoms with Crippen LogP contribution in [0.3, 0.4) is 0 Å². The van der Waals surface area contributed by atoms with Crippen LogP contribution < -0.4 is 15.4 Å². The minimum atomic E-state index is -0.616. The maximum absolute atomic E-state index is 14.1.